The Balaban J connectivity index is 1.81. The molecule has 0 atom stereocenters. The second kappa shape index (κ2) is 8.65. The number of carbonyl (C=O) groups is 1. The van der Waals surface area contributed by atoms with Gasteiger partial charge >= 0.3 is 0 Å². The smallest absolute Gasteiger partial charge is 0.261 e. The lowest BCUT2D eigenvalue weighted by atomic mass is 10.1. The number of hydrogen-bond acceptors (Lipinski definition) is 3. The van der Waals surface area contributed by atoms with Gasteiger partial charge in [-0.05, 0) is 35.9 Å². The molecule has 0 heterocycles. The van der Waals surface area contributed by atoms with Gasteiger partial charge in [-0.2, -0.15) is 0 Å². The first-order chi connectivity index (χ1) is 13.4. The van der Waals surface area contributed by atoms with Crippen LogP contribution in [0.2, 0.25) is 10.0 Å². The van der Waals surface area contributed by atoms with Crippen molar-refractivity contribution in [3.8, 4) is 0 Å². The fourth-order valence-corrected chi connectivity index (χ4v) is 3.96. The van der Waals surface area contributed by atoms with Crippen molar-refractivity contribution in [1.82, 2.24) is 5.32 Å². The van der Waals surface area contributed by atoms with Crippen molar-refractivity contribution in [2.45, 2.75) is 11.4 Å². The molecular weight excluding hydrogens is 419 g/mol. The van der Waals surface area contributed by atoms with Crippen molar-refractivity contribution in [3.05, 3.63) is 94.0 Å². The van der Waals surface area contributed by atoms with Crippen LogP contribution < -0.4 is 10.0 Å². The average molecular weight is 435 g/mol. The quantitative estimate of drug-likeness (QED) is 0.588. The van der Waals surface area contributed by atoms with E-state index in [9.17, 15) is 13.2 Å². The molecule has 3 aromatic carbocycles. The molecule has 3 aromatic rings. The third kappa shape index (κ3) is 4.84. The van der Waals surface area contributed by atoms with Crippen molar-refractivity contribution in [2.24, 2.45) is 0 Å². The predicted molar refractivity (Wildman–Crippen MR) is 111 cm³/mol. The Kier molecular flexibility index (Phi) is 6.24. The number of carbonyl (C=O) groups excluding carboxylic acids is 1. The number of para-hydroxylation sites is 1. The van der Waals surface area contributed by atoms with Crippen LogP contribution in [-0.2, 0) is 16.6 Å². The minimum absolute atomic E-state index is 0.0543. The fourth-order valence-electron chi connectivity index (χ4n) is 2.49. The summed E-state index contributed by atoms with van der Waals surface area (Å²) in [6.07, 6.45) is 0. The van der Waals surface area contributed by atoms with Crippen LogP contribution in [-0.4, -0.2) is 14.3 Å². The van der Waals surface area contributed by atoms with Gasteiger partial charge in [0.1, 0.15) is 0 Å². The Labute approximate surface area is 173 Å². The highest BCUT2D eigenvalue weighted by Crippen LogP contribution is 2.26. The summed E-state index contributed by atoms with van der Waals surface area (Å²) in [5, 5.41) is 3.16. The van der Waals surface area contributed by atoms with E-state index >= 15 is 0 Å². The molecule has 0 bridgehead atoms. The molecule has 28 heavy (non-hydrogen) atoms. The van der Waals surface area contributed by atoms with Gasteiger partial charge in [0, 0.05) is 6.54 Å². The number of amides is 1. The monoisotopic (exact) mass is 434 g/mol. The number of halogens is 2. The third-order valence-electron chi connectivity index (χ3n) is 3.91. The van der Waals surface area contributed by atoms with Gasteiger partial charge in [0.2, 0.25) is 0 Å². The Hall–Kier alpha value is -2.54. The average Bonchev–Trinajstić information content (AvgIpc) is 2.69. The van der Waals surface area contributed by atoms with E-state index in [1.165, 1.54) is 24.3 Å². The molecule has 0 spiro atoms. The number of benzene rings is 3. The lowest BCUT2D eigenvalue weighted by Gasteiger charge is -2.13. The van der Waals surface area contributed by atoms with Crippen LogP contribution in [0.15, 0.2) is 77.7 Å². The summed E-state index contributed by atoms with van der Waals surface area (Å²) < 4.78 is 27.8. The molecule has 0 aliphatic heterocycles. The van der Waals surface area contributed by atoms with Crippen LogP contribution in [0.5, 0.6) is 0 Å². The lowest BCUT2D eigenvalue weighted by Crippen LogP contribution is -2.25. The summed E-state index contributed by atoms with van der Waals surface area (Å²) >= 11 is 11.8. The number of hydrogen-bond donors (Lipinski definition) is 2. The minimum atomic E-state index is -3.95. The van der Waals surface area contributed by atoms with Crippen LogP contribution in [0, 0.1) is 0 Å². The van der Waals surface area contributed by atoms with E-state index in [1.807, 2.05) is 30.3 Å². The van der Waals surface area contributed by atoms with Gasteiger partial charge in [-0.25, -0.2) is 8.42 Å². The number of rotatable bonds is 6. The molecule has 0 unspecified atom stereocenters. The summed E-state index contributed by atoms with van der Waals surface area (Å²) in [6, 6.07) is 19.8. The Morgan fingerprint density at radius 1 is 0.857 bits per heavy atom. The Morgan fingerprint density at radius 3 is 2.25 bits per heavy atom. The Morgan fingerprint density at radius 2 is 1.54 bits per heavy atom. The van der Waals surface area contributed by atoms with Crippen LogP contribution in [0.1, 0.15) is 15.9 Å². The number of sulfonamides is 1. The molecule has 2 N–H and O–H groups in total. The molecule has 0 saturated carbocycles. The molecule has 0 radical (unpaired) electrons. The van der Waals surface area contributed by atoms with Gasteiger partial charge in [0.25, 0.3) is 15.9 Å². The zero-order chi connectivity index (χ0) is 20.1. The molecule has 5 nitrogen and oxygen atoms in total. The topological polar surface area (TPSA) is 75.3 Å². The van der Waals surface area contributed by atoms with E-state index in [0.717, 1.165) is 5.56 Å². The van der Waals surface area contributed by atoms with Crippen LogP contribution >= 0.6 is 23.2 Å². The SMILES string of the molecule is O=C(NCc1ccccc1)c1ccccc1NS(=O)(=O)c1ccc(Cl)c(Cl)c1. The highest BCUT2D eigenvalue weighted by atomic mass is 35.5. The third-order valence-corrected chi connectivity index (χ3v) is 6.02. The number of nitrogens with one attached hydrogen (secondary N) is 2. The molecule has 144 valence electrons. The zero-order valence-electron chi connectivity index (χ0n) is 14.5. The van der Waals surface area contributed by atoms with Crippen molar-refractivity contribution < 1.29 is 13.2 Å². The molecule has 0 saturated heterocycles. The summed E-state index contributed by atoms with van der Waals surface area (Å²) in [5.74, 6) is -0.392. The lowest BCUT2D eigenvalue weighted by molar-refractivity contribution is 0.0952. The van der Waals surface area contributed by atoms with Crippen molar-refractivity contribution in [2.75, 3.05) is 4.72 Å². The molecular formula is C20H16Cl2N2O3S. The molecule has 0 aromatic heterocycles. The molecule has 3 rings (SSSR count). The van der Waals surface area contributed by atoms with E-state index in [2.05, 4.69) is 10.0 Å². The van der Waals surface area contributed by atoms with E-state index in [1.54, 1.807) is 18.2 Å². The molecule has 0 aliphatic carbocycles. The van der Waals surface area contributed by atoms with Crippen LogP contribution in [0.4, 0.5) is 5.69 Å². The van der Waals surface area contributed by atoms with Gasteiger partial charge in [0.05, 0.1) is 26.2 Å². The summed E-state index contributed by atoms with van der Waals surface area (Å²) in [6.45, 7) is 0.327. The minimum Gasteiger partial charge on any atom is -0.348 e. The second-order valence-electron chi connectivity index (χ2n) is 5.90. The summed E-state index contributed by atoms with van der Waals surface area (Å²) in [7, 11) is -3.95. The maximum atomic E-state index is 12.7. The molecule has 0 aliphatic rings. The Bertz CT molecular complexity index is 1100. The van der Waals surface area contributed by atoms with E-state index in [-0.39, 0.29) is 26.2 Å². The molecule has 8 heteroatoms. The van der Waals surface area contributed by atoms with Gasteiger partial charge < -0.3 is 5.32 Å². The van der Waals surface area contributed by atoms with Crippen molar-refractivity contribution in [3.63, 3.8) is 0 Å². The first-order valence-corrected chi connectivity index (χ1v) is 10.5. The van der Waals surface area contributed by atoms with E-state index in [4.69, 9.17) is 23.2 Å². The maximum absolute atomic E-state index is 12.7. The van der Waals surface area contributed by atoms with E-state index in [0.29, 0.717) is 6.54 Å². The van der Waals surface area contributed by atoms with Gasteiger partial charge in [0.15, 0.2) is 0 Å². The van der Waals surface area contributed by atoms with Crippen LogP contribution in [0.25, 0.3) is 0 Å². The first kappa shape index (κ1) is 20.2. The predicted octanol–water partition coefficient (Wildman–Crippen LogP) is 4.72. The van der Waals surface area contributed by atoms with Gasteiger partial charge in [-0.15, -0.1) is 0 Å². The summed E-state index contributed by atoms with van der Waals surface area (Å²) in [4.78, 5) is 12.5. The highest BCUT2D eigenvalue weighted by Gasteiger charge is 2.19. The van der Waals surface area contributed by atoms with Crippen molar-refractivity contribution >= 4 is 44.8 Å². The highest BCUT2D eigenvalue weighted by molar-refractivity contribution is 7.92. The second-order valence-corrected chi connectivity index (χ2v) is 8.39. The number of anilines is 1. The largest absolute Gasteiger partial charge is 0.348 e. The van der Waals surface area contributed by atoms with Crippen molar-refractivity contribution in [1.29, 1.82) is 0 Å². The zero-order valence-corrected chi connectivity index (χ0v) is 16.9. The normalized spacial score (nSPS) is 11.1. The molecule has 1 amide bonds. The van der Waals surface area contributed by atoms with Crippen LogP contribution in [0.3, 0.4) is 0 Å². The standard InChI is InChI=1S/C20H16Cl2N2O3S/c21-17-11-10-15(12-18(17)22)28(26,27)24-19-9-5-4-8-16(19)20(25)23-13-14-6-2-1-3-7-14/h1-12,24H,13H2,(H,23,25). The van der Waals surface area contributed by atoms with Gasteiger partial charge in [-0.3, -0.25) is 9.52 Å². The molecule has 0 fully saturated rings. The maximum Gasteiger partial charge on any atom is 0.261 e. The van der Waals surface area contributed by atoms with E-state index < -0.39 is 15.9 Å². The first-order valence-electron chi connectivity index (χ1n) is 8.26. The fraction of sp³-hybridized carbons (Fsp3) is 0.0500. The van der Waals surface area contributed by atoms with Gasteiger partial charge in [-0.1, -0.05) is 65.7 Å². The summed E-state index contributed by atoms with van der Waals surface area (Å²) in [5.41, 5.74) is 1.31.